The number of para-hydroxylation sites is 1. The van der Waals surface area contributed by atoms with E-state index in [0.717, 1.165) is 25.9 Å². The van der Waals surface area contributed by atoms with Gasteiger partial charge in [-0.1, -0.05) is 60.5 Å². The van der Waals surface area contributed by atoms with Gasteiger partial charge in [-0.15, -0.1) is 6.42 Å². The Morgan fingerprint density at radius 3 is 1.97 bits per heavy atom. The summed E-state index contributed by atoms with van der Waals surface area (Å²) >= 11 is 2.20. The predicted molar refractivity (Wildman–Crippen MR) is 154 cm³/mol. The number of hydrogen-bond acceptors (Lipinski definition) is 5. The zero-order chi connectivity index (χ0) is 26.6. The monoisotopic (exact) mass is 631 g/mol. The molecule has 4 rings (SSSR count). The van der Waals surface area contributed by atoms with E-state index in [1.165, 1.54) is 19.2 Å². The van der Waals surface area contributed by atoms with E-state index in [2.05, 4.69) is 33.2 Å². The molecule has 0 unspecified atom stereocenters. The fraction of sp³-hybridized carbons (Fsp3) is 0.0357. The molecular formula is C28H23ClINO4S. The lowest BCUT2D eigenvalue weighted by molar-refractivity contribution is 0.0600. The lowest BCUT2D eigenvalue weighted by atomic mass is 10.0. The van der Waals surface area contributed by atoms with Gasteiger partial charge in [-0.05, 0) is 82.2 Å². The number of ether oxygens (including phenoxy) is 1. The van der Waals surface area contributed by atoms with Crippen molar-refractivity contribution < 1.29 is 17.9 Å². The molecular weight excluding hydrogens is 609 g/mol. The Hall–Kier alpha value is -3.32. The zero-order valence-corrected chi connectivity index (χ0v) is 23.0. The Balaban J connectivity index is 0.000000232. The molecule has 0 radical (unpaired) electrons. The highest BCUT2D eigenvalue weighted by Crippen LogP contribution is 2.24. The summed E-state index contributed by atoms with van der Waals surface area (Å²) in [7, 11) is 2.84. The van der Waals surface area contributed by atoms with Crippen LogP contribution < -0.4 is 5.73 Å². The summed E-state index contributed by atoms with van der Waals surface area (Å²) in [6, 6.07) is 30.3. The second kappa shape index (κ2) is 14.3. The Morgan fingerprint density at radius 2 is 1.50 bits per heavy atom. The molecule has 0 aliphatic carbocycles. The molecule has 5 nitrogen and oxygen atoms in total. The molecule has 184 valence electrons. The highest BCUT2D eigenvalue weighted by Gasteiger charge is 2.10. The summed E-state index contributed by atoms with van der Waals surface area (Å²) < 4.78 is 28.1. The van der Waals surface area contributed by atoms with Crippen LogP contribution in [-0.4, -0.2) is 21.5 Å². The number of carbonyl (C=O) groups excluding carboxylic acids is 1. The van der Waals surface area contributed by atoms with Gasteiger partial charge in [0.15, 0.2) is 0 Å². The topological polar surface area (TPSA) is 86.5 Å². The van der Waals surface area contributed by atoms with E-state index in [9.17, 15) is 13.2 Å². The maximum Gasteiger partial charge on any atom is 0.337 e. The Labute approximate surface area is 229 Å². The number of nitrogens with two attached hydrogens (primary N) is 1. The van der Waals surface area contributed by atoms with Gasteiger partial charge in [0.2, 0.25) is 0 Å². The molecule has 4 aromatic rings. The van der Waals surface area contributed by atoms with Gasteiger partial charge in [0.25, 0.3) is 9.05 Å². The molecule has 0 atom stereocenters. The molecule has 0 fully saturated rings. The van der Waals surface area contributed by atoms with Crippen LogP contribution in [0.25, 0.3) is 11.1 Å². The number of rotatable bonds is 3. The zero-order valence-electron chi connectivity index (χ0n) is 19.3. The number of halogens is 2. The third kappa shape index (κ3) is 9.38. The summed E-state index contributed by atoms with van der Waals surface area (Å²) in [5.41, 5.74) is 9.30. The molecule has 0 saturated carbocycles. The standard InChI is InChI=1S/C14H11ClO4S.C8H6.C6H6IN/c1-19-14(16)12-4-2-3-11(9-12)10-5-7-13(8-6-10)20(15,17)18;1-2-8-6-4-3-5-7-8;7-5-3-1-2-4-6(5)8/h2-9H,1H3;1,3-7H;1-4H,8H2. The van der Waals surface area contributed by atoms with Crippen LogP contribution in [0.3, 0.4) is 0 Å². The number of hydrogen-bond donors (Lipinski definition) is 1. The first-order valence-corrected chi connectivity index (χ1v) is 13.8. The fourth-order valence-corrected chi connectivity index (χ4v) is 3.92. The molecule has 8 heteroatoms. The highest BCUT2D eigenvalue weighted by atomic mass is 127. The van der Waals surface area contributed by atoms with Crippen LogP contribution in [0, 0.1) is 15.9 Å². The van der Waals surface area contributed by atoms with Gasteiger partial charge >= 0.3 is 5.97 Å². The molecule has 0 heterocycles. The molecule has 0 aliphatic heterocycles. The van der Waals surface area contributed by atoms with Crippen LogP contribution in [0.1, 0.15) is 15.9 Å². The van der Waals surface area contributed by atoms with Gasteiger partial charge in [0.1, 0.15) is 0 Å². The fourth-order valence-electron chi connectivity index (χ4n) is 2.76. The van der Waals surface area contributed by atoms with Crippen LogP contribution in [0.2, 0.25) is 0 Å². The molecule has 36 heavy (non-hydrogen) atoms. The number of nitrogen functional groups attached to an aromatic ring is 1. The van der Waals surface area contributed by atoms with Gasteiger partial charge in [-0.2, -0.15) is 0 Å². The minimum atomic E-state index is -3.73. The summed E-state index contributed by atoms with van der Waals surface area (Å²) in [5.74, 6) is 2.10. The number of anilines is 1. The Morgan fingerprint density at radius 1 is 0.889 bits per heavy atom. The molecule has 0 saturated heterocycles. The van der Waals surface area contributed by atoms with E-state index in [0.29, 0.717) is 5.56 Å². The highest BCUT2D eigenvalue weighted by molar-refractivity contribution is 14.1. The minimum absolute atomic E-state index is 0.0343. The van der Waals surface area contributed by atoms with Crippen molar-refractivity contribution in [3.05, 3.63) is 118 Å². The van der Waals surface area contributed by atoms with Gasteiger partial charge in [-0.3, -0.25) is 0 Å². The first-order valence-electron chi connectivity index (χ1n) is 10.4. The third-order valence-electron chi connectivity index (χ3n) is 4.60. The molecule has 0 bridgehead atoms. The molecule has 0 aromatic heterocycles. The summed E-state index contributed by atoms with van der Waals surface area (Å²) in [6.45, 7) is 0. The van der Waals surface area contributed by atoms with Gasteiger partial charge in [0, 0.05) is 25.5 Å². The smallest absolute Gasteiger partial charge is 0.337 e. The van der Waals surface area contributed by atoms with Gasteiger partial charge in [0.05, 0.1) is 17.6 Å². The van der Waals surface area contributed by atoms with Crippen molar-refractivity contribution in [2.24, 2.45) is 0 Å². The van der Waals surface area contributed by atoms with Crippen molar-refractivity contribution in [2.45, 2.75) is 4.90 Å². The van der Waals surface area contributed by atoms with E-state index in [4.69, 9.17) is 22.8 Å². The maximum atomic E-state index is 11.5. The second-order valence-electron chi connectivity index (χ2n) is 7.07. The van der Waals surface area contributed by atoms with E-state index in [-0.39, 0.29) is 4.90 Å². The van der Waals surface area contributed by atoms with E-state index >= 15 is 0 Å². The predicted octanol–water partition coefficient (Wildman–Crippen LogP) is 6.61. The van der Waals surface area contributed by atoms with E-state index in [1.54, 1.807) is 30.3 Å². The maximum absolute atomic E-state index is 11.5. The molecule has 0 aliphatic rings. The number of terminal acetylenes is 1. The number of methoxy groups -OCH3 is 1. The van der Waals surface area contributed by atoms with Crippen LogP contribution >= 0.6 is 33.3 Å². The van der Waals surface area contributed by atoms with Crippen molar-refractivity contribution in [1.29, 1.82) is 0 Å². The van der Waals surface area contributed by atoms with E-state index < -0.39 is 15.0 Å². The number of benzene rings is 4. The van der Waals surface area contributed by atoms with Crippen molar-refractivity contribution >= 4 is 54.0 Å². The molecule has 0 spiro atoms. The SMILES string of the molecule is C#Cc1ccccc1.COC(=O)c1cccc(-c2ccc(S(=O)(=O)Cl)cc2)c1.Nc1ccccc1I. The van der Waals surface area contributed by atoms with Gasteiger partial charge < -0.3 is 10.5 Å². The van der Waals surface area contributed by atoms with Crippen molar-refractivity contribution in [3.63, 3.8) is 0 Å². The average molecular weight is 632 g/mol. The van der Waals surface area contributed by atoms with Gasteiger partial charge in [-0.25, -0.2) is 13.2 Å². The first-order chi connectivity index (χ1) is 17.2. The third-order valence-corrected chi connectivity index (χ3v) is 6.95. The van der Waals surface area contributed by atoms with Crippen molar-refractivity contribution in [3.8, 4) is 23.5 Å². The molecule has 4 aromatic carbocycles. The average Bonchev–Trinajstić information content (AvgIpc) is 2.91. The second-order valence-corrected chi connectivity index (χ2v) is 10.8. The summed E-state index contributed by atoms with van der Waals surface area (Å²) in [5, 5.41) is 0. The lowest BCUT2D eigenvalue weighted by Gasteiger charge is -2.05. The Bertz CT molecular complexity index is 1410. The van der Waals surface area contributed by atoms with Crippen LogP contribution in [-0.2, 0) is 13.8 Å². The normalized spacial score (nSPS) is 9.94. The largest absolute Gasteiger partial charge is 0.465 e. The molecule has 0 amide bonds. The molecule has 2 N–H and O–H groups in total. The summed E-state index contributed by atoms with van der Waals surface area (Å²) in [4.78, 5) is 11.5. The number of esters is 1. The van der Waals surface area contributed by atoms with Crippen LogP contribution in [0.5, 0.6) is 0 Å². The number of carbonyl (C=O) groups is 1. The quantitative estimate of drug-likeness (QED) is 0.0905. The van der Waals surface area contributed by atoms with E-state index in [1.807, 2.05) is 60.7 Å². The minimum Gasteiger partial charge on any atom is -0.465 e. The first kappa shape index (κ1) is 28.9. The lowest BCUT2D eigenvalue weighted by Crippen LogP contribution is -2.00. The summed E-state index contributed by atoms with van der Waals surface area (Å²) in [6.07, 6.45) is 5.10. The Kier molecular flexibility index (Phi) is 11.5. The van der Waals surface area contributed by atoms with Crippen molar-refractivity contribution in [2.75, 3.05) is 12.8 Å². The van der Waals surface area contributed by atoms with Crippen molar-refractivity contribution in [1.82, 2.24) is 0 Å². The van der Waals surface area contributed by atoms with Crippen LogP contribution in [0.4, 0.5) is 5.69 Å². The van der Waals surface area contributed by atoms with Crippen LogP contribution in [0.15, 0.2) is 108 Å².